The number of benzene rings is 1. The molecular weight excluding hydrogens is 273 g/mol. The first-order valence-corrected chi connectivity index (χ1v) is 5.25. The Bertz CT molecular complexity index is 418. The van der Waals surface area contributed by atoms with Gasteiger partial charge in [-0.15, -0.1) is 0 Å². The van der Waals surface area contributed by atoms with Crippen LogP contribution in [0.5, 0.6) is 0 Å². The summed E-state index contributed by atoms with van der Waals surface area (Å²) in [5, 5.41) is 0. The van der Waals surface area contributed by atoms with Gasteiger partial charge in [-0.1, -0.05) is 18.2 Å². The summed E-state index contributed by atoms with van der Waals surface area (Å²) in [5.41, 5.74) is 3.74. The van der Waals surface area contributed by atoms with Gasteiger partial charge in [0.25, 0.3) is 0 Å². The van der Waals surface area contributed by atoms with Crippen LogP contribution in [0.15, 0.2) is 36.5 Å². The lowest BCUT2D eigenvalue weighted by Gasteiger charge is -1.99. The maximum Gasteiger partial charge on any atom is 0.0467 e. The molecule has 1 N–H and O–H groups in total. The Morgan fingerprint density at radius 1 is 1.23 bits per heavy atom. The Kier molecular flexibility index (Phi) is 2.40. The number of H-pyrrole nitrogens is 1. The highest BCUT2D eigenvalue weighted by Gasteiger charge is 2.02. The van der Waals surface area contributed by atoms with Gasteiger partial charge < -0.3 is 4.98 Å². The summed E-state index contributed by atoms with van der Waals surface area (Å²) in [4.78, 5) is 3.26. The van der Waals surface area contributed by atoms with E-state index in [2.05, 4.69) is 64.8 Å². The van der Waals surface area contributed by atoms with Crippen LogP contribution in [-0.2, 0) is 0 Å². The molecule has 0 saturated heterocycles. The topological polar surface area (TPSA) is 15.8 Å². The average molecular weight is 283 g/mol. The smallest absolute Gasteiger partial charge is 0.0467 e. The summed E-state index contributed by atoms with van der Waals surface area (Å²) >= 11 is 2.35. The van der Waals surface area contributed by atoms with Crippen molar-refractivity contribution < 1.29 is 0 Å². The molecule has 0 amide bonds. The number of hydrogen-bond donors (Lipinski definition) is 1. The molecular formula is C11H10IN. The zero-order valence-electron chi connectivity index (χ0n) is 7.34. The lowest BCUT2D eigenvalue weighted by molar-refractivity contribution is 1.37. The van der Waals surface area contributed by atoms with Gasteiger partial charge in [-0.05, 0) is 47.2 Å². The van der Waals surface area contributed by atoms with E-state index in [0.717, 1.165) is 0 Å². The van der Waals surface area contributed by atoms with Gasteiger partial charge in [0.15, 0.2) is 0 Å². The minimum Gasteiger partial charge on any atom is -0.361 e. The maximum atomic E-state index is 3.26. The summed E-state index contributed by atoms with van der Waals surface area (Å²) in [6, 6.07) is 10.5. The van der Waals surface area contributed by atoms with Crippen molar-refractivity contribution in [3.05, 3.63) is 45.7 Å². The second kappa shape index (κ2) is 3.54. The number of halogens is 1. The Morgan fingerprint density at radius 2 is 2.00 bits per heavy atom. The number of aryl methyl sites for hydroxylation is 1. The van der Waals surface area contributed by atoms with Crippen molar-refractivity contribution in [2.75, 3.05) is 0 Å². The molecule has 1 heterocycles. The molecule has 0 aliphatic heterocycles. The van der Waals surface area contributed by atoms with Crippen molar-refractivity contribution in [1.82, 2.24) is 4.98 Å². The van der Waals surface area contributed by atoms with Gasteiger partial charge in [0.05, 0.1) is 0 Å². The molecule has 0 radical (unpaired) electrons. The van der Waals surface area contributed by atoms with E-state index in [1.807, 2.05) is 6.20 Å². The average Bonchev–Trinajstić information content (AvgIpc) is 2.53. The molecule has 1 aromatic carbocycles. The summed E-state index contributed by atoms with van der Waals surface area (Å²) in [6.07, 6.45) is 2.03. The van der Waals surface area contributed by atoms with Gasteiger partial charge in [-0.25, -0.2) is 0 Å². The van der Waals surface area contributed by atoms with E-state index >= 15 is 0 Å². The van der Waals surface area contributed by atoms with Gasteiger partial charge in [0.1, 0.15) is 0 Å². The van der Waals surface area contributed by atoms with Crippen LogP contribution in [0.25, 0.3) is 11.3 Å². The Balaban J connectivity index is 2.52. The zero-order valence-corrected chi connectivity index (χ0v) is 9.50. The molecule has 0 saturated carbocycles. The van der Waals surface area contributed by atoms with E-state index in [0.29, 0.717) is 0 Å². The minimum absolute atomic E-state index is 1.20. The van der Waals surface area contributed by atoms with Crippen molar-refractivity contribution in [2.24, 2.45) is 0 Å². The van der Waals surface area contributed by atoms with Crippen LogP contribution in [0, 0.1) is 10.5 Å². The van der Waals surface area contributed by atoms with Crippen molar-refractivity contribution >= 4 is 22.6 Å². The Morgan fingerprint density at radius 3 is 2.62 bits per heavy atom. The molecule has 0 unspecified atom stereocenters. The van der Waals surface area contributed by atoms with Gasteiger partial charge in [-0.3, -0.25) is 0 Å². The van der Waals surface area contributed by atoms with Gasteiger partial charge in [-0.2, -0.15) is 0 Å². The molecule has 66 valence electrons. The molecule has 1 nitrogen and oxygen atoms in total. The van der Waals surface area contributed by atoms with E-state index in [1.54, 1.807) is 0 Å². The number of nitrogens with one attached hydrogen (secondary N) is 1. The third-order valence-corrected chi connectivity index (χ3v) is 2.93. The predicted octanol–water partition coefficient (Wildman–Crippen LogP) is 3.59. The van der Waals surface area contributed by atoms with Gasteiger partial charge in [0, 0.05) is 21.0 Å². The third kappa shape index (κ3) is 1.77. The summed E-state index contributed by atoms with van der Waals surface area (Å²) in [7, 11) is 0. The lowest BCUT2D eigenvalue weighted by atomic mass is 10.1. The molecule has 2 heteroatoms. The highest BCUT2D eigenvalue weighted by molar-refractivity contribution is 14.1. The second-order valence-corrected chi connectivity index (χ2v) is 4.23. The first-order valence-electron chi connectivity index (χ1n) is 4.17. The Labute approximate surface area is 91.3 Å². The van der Waals surface area contributed by atoms with Gasteiger partial charge >= 0.3 is 0 Å². The van der Waals surface area contributed by atoms with E-state index in [-0.39, 0.29) is 0 Å². The van der Waals surface area contributed by atoms with E-state index in [9.17, 15) is 0 Å². The molecule has 0 fully saturated rings. The molecule has 0 aliphatic rings. The molecule has 0 spiro atoms. The SMILES string of the molecule is Cc1c[nH]c(-c2ccccc2I)c1. The quantitative estimate of drug-likeness (QED) is 0.770. The molecule has 2 aromatic rings. The normalized spacial score (nSPS) is 10.3. The zero-order chi connectivity index (χ0) is 9.26. The van der Waals surface area contributed by atoms with Crippen molar-refractivity contribution in [3.63, 3.8) is 0 Å². The fraction of sp³-hybridized carbons (Fsp3) is 0.0909. The van der Waals surface area contributed by atoms with Crippen LogP contribution in [0.3, 0.4) is 0 Å². The molecule has 2 rings (SSSR count). The molecule has 0 atom stereocenters. The number of hydrogen-bond acceptors (Lipinski definition) is 0. The van der Waals surface area contributed by atoms with Crippen molar-refractivity contribution in [2.45, 2.75) is 6.92 Å². The highest BCUT2D eigenvalue weighted by atomic mass is 127. The monoisotopic (exact) mass is 283 g/mol. The van der Waals surface area contributed by atoms with Crippen molar-refractivity contribution in [1.29, 1.82) is 0 Å². The highest BCUT2D eigenvalue weighted by Crippen LogP contribution is 2.23. The Hall–Kier alpha value is -0.770. The third-order valence-electron chi connectivity index (χ3n) is 1.99. The van der Waals surface area contributed by atoms with Crippen LogP contribution in [0.4, 0.5) is 0 Å². The predicted molar refractivity (Wildman–Crippen MR) is 63.7 cm³/mol. The maximum absolute atomic E-state index is 3.26. The van der Waals surface area contributed by atoms with Crippen molar-refractivity contribution in [3.8, 4) is 11.3 Å². The number of aromatic nitrogens is 1. The fourth-order valence-corrected chi connectivity index (χ4v) is 2.02. The summed E-state index contributed by atoms with van der Waals surface area (Å²) in [5.74, 6) is 0. The molecule has 0 bridgehead atoms. The fourth-order valence-electron chi connectivity index (χ4n) is 1.34. The standard InChI is InChI=1S/C11H10IN/c1-8-6-11(13-7-8)9-4-2-3-5-10(9)12/h2-7,13H,1H3. The van der Waals surface area contributed by atoms with Gasteiger partial charge in [0.2, 0.25) is 0 Å². The lowest BCUT2D eigenvalue weighted by Crippen LogP contribution is -1.80. The van der Waals surface area contributed by atoms with E-state index in [4.69, 9.17) is 0 Å². The first-order chi connectivity index (χ1) is 6.27. The number of aromatic amines is 1. The van der Waals surface area contributed by atoms with Crippen LogP contribution in [0.1, 0.15) is 5.56 Å². The van der Waals surface area contributed by atoms with Crippen LogP contribution in [-0.4, -0.2) is 4.98 Å². The van der Waals surface area contributed by atoms with E-state index in [1.165, 1.54) is 20.4 Å². The molecule has 1 aromatic heterocycles. The largest absolute Gasteiger partial charge is 0.361 e. The second-order valence-electron chi connectivity index (χ2n) is 3.07. The first kappa shape index (κ1) is 8.81. The van der Waals surface area contributed by atoms with E-state index < -0.39 is 0 Å². The van der Waals surface area contributed by atoms with Crippen LogP contribution < -0.4 is 0 Å². The molecule has 13 heavy (non-hydrogen) atoms. The summed E-state index contributed by atoms with van der Waals surface area (Å²) < 4.78 is 1.28. The summed E-state index contributed by atoms with van der Waals surface area (Å²) in [6.45, 7) is 2.09. The number of rotatable bonds is 1. The minimum atomic E-state index is 1.20. The van der Waals surface area contributed by atoms with Crippen LogP contribution in [0.2, 0.25) is 0 Å². The molecule has 0 aliphatic carbocycles. The van der Waals surface area contributed by atoms with Crippen LogP contribution >= 0.6 is 22.6 Å².